The van der Waals surface area contributed by atoms with Crippen LogP contribution >= 0.6 is 24.0 Å². The number of anilines is 1. The van der Waals surface area contributed by atoms with Crippen LogP contribution in [0, 0.1) is 0 Å². The highest BCUT2D eigenvalue weighted by atomic mass is 127. The van der Waals surface area contributed by atoms with Gasteiger partial charge in [0.25, 0.3) is 0 Å². The molecule has 1 aliphatic carbocycles. The van der Waals surface area contributed by atoms with Gasteiger partial charge in [-0.25, -0.2) is 9.98 Å². The standard InChI is InChI=1S/C16H25N5.HI/c1-4-17-16(20-14-9-5-6-10-14)19-12-13-8-7-11-18-15(13)21(2)3;/h5-8,11,14H,4,9-10,12H2,1-3H3,(H2,17,19,20);1H. The molecule has 0 aliphatic heterocycles. The van der Waals surface area contributed by atoms with Crippen LogP contribution in [0.3, 0.4) is 0 Å². The van der Waals surface area contributed by atoms with E-state index in [1.807, 2.05) is 31.3 Å². The fourth-order valence-corrected chi connectivity index (χ4v) is 2.37. The Morgan fingerprint density at radius 3 is 2.73 bits per heavy atom. The summed E-state index contributed by atoms with van der Waals surface area (Å²) in [5.41, 5.74) is 1.13. The topological polar surface area (TPSA) is 52.6 Å². The maximum Gasteiger partial charge on any atom is 0.191 e. The predicted molar refractivity (Wildman–Crippen MR) is 104 cm³/mol. The fourth-order valence-electron chi connectivity index (χ4n) is 2.37. The molecule has 2 N–H and O–H groups in total. The molecular formula is C16H26IN5. The second kappa shape index (κ2) is 9.66. The molecule has 6 heteroatoms. The molecular weight excluding hydrogens is 389 g/mol. The molecule has 22 heavy (non-hydrogen) atoms. The summed E-state index contributed by atoms with van der Waals surface area (Å²) in [6, 6.07) is 4.50. The number of hydrogen-bond acceptors (Lipinski definition) is 3. The molecule has 0 unspecified atom stereocenters. The molecule has 5 nitrogen and oxygen atoms in total. The van der Waals surface area contributed by atoms with E-state index >= 15 is 0 Å². The minimum atomic E-state index is 0. The Morgan fingerprint density at radius 1 is 1.36 bits per heavy atom. The summed E-state index contributed by atoms with van der Waals surface area (Å²) in [6.07, 6.45) is 8.38. The lowest BCUT2D eigenvalue weighted by Crippen LogP contribution is -2.42. The molecule has 2 rings (SSSR count). The van der Waals surface area contributed by atoms with E-state index in [4.69, 9.17) is 4.99 Å². The first-order valence-corrected chi connectivity index (χ1v) is 7.51. The van der Waals surface area contributed by atoms with E-state index in [2.05, 4.69) is 40.8 Å². The summed E-state index contributed by atoms with van der Waals surface area (Å²) in [6.45, 7) is 3.57. The van der Waals surface area contributed by atoms with Crippen molar-refractivity contribution in [2.24, 2.45) is 4.99 Å². The van der Waals surface area contributed by atoms with Crippen LogP contribution in [0.1, 0.15) is 25.3 Å². The second-order valence-corrected chi connectivity index (χ2v) is 5.36. The van der Waals surface area contributed by atoms with Crippen LogP contribution in [0.15, 0.2) is 35.5 Å². The van der Waals surface area contributed by atoms with Gasteiger partial charge in [-0.2, -0.15) is 0 Å². The van der Waals surface area contributed by atoms with Gasteiger partial charge in [0.05, 0.1) is 6.54 Å². The van der Waals surface area contributed by atoms with Crippen LogP contribution in [0.25, 0.3) is 0 Å². The van der Waals surface area contributed by atoms with Gasteiger partial charge in [0.15, 0.2) is 5.96 Å². The first kappa shape index (κ1) is 18.7. The summed E-state index contributed by atoms with van der Waals surface area (Å²) in [4.78, 5) is 11.1. The minimum absolute atomic E-state index is 0. The number of guanidine groups is 1. The molecule has 0 amide bonds. The minimum Gasteiger partial charge on any atom is -0.362 e. The number of aromatic nitrogens is 1. The van der Waals surface area contributed by atoms with E-state index in [0.717, 1.165) is 36.7 Å². The van der Waals surface area contributed by atoms with Gasteiger partial charge in [-0.05, 0) is 25.8 Å². The molecule has 0 saturated heterocycles. The Morgan fingerprint density at radius 2 is 2.09 bits per heavy atom. The smallest absolute Gasteiger partial charge is 0.191 e. The first-order valence-electron chi connectivity index (χ1n) is 7.51. The van der Waals surface area contributed by atoms with Gasteiger partial charge in [0.1, 0.15) is 5.82 Å². The lowest BCUT2D eigenvalue weighted by Gasteiger charge is -2.18. The Labute approximate surface area is 150 Å². The molecule has 122 valence electrons. The molecule has 0 saturated carbocycles. The zero-order valence-corrected chi connectivity index (χ0v) is 15.9. The lowest BCUT2D eigenvalue weighted by molar-refractivity contribution is 0.633. The molecule has 0 fully saturated rings. The van der Waals surface area contributed by atoms with Crippen molar-refractivity contribution in [1.29, 1.82) is 0 Å². The quantitative estimate of drug-likeness (QED) is 0.336. The van der Waals surface area contributed by atoms with E-state index < -0.39 is 0 Å². The van der Waals surface area contributed by atoms with Crippen LogP contribution < -0.4 is 15.5 Å². The van der Waals surface area contributed by atoms with Crippen molar-refractivity contribution in [2.75, 3.05) is 25.5 Å². The van der Waals surface area contributed by atoms with Crippen LogP contribution in [0.5, 0.6) is 0 Å². The number of aliphatic imine (C=N–C) groups is 1. The summed E-state index contributed by atoms with van der Waals surface area (Å²) in [5.74, 6) is 1.85. The number of nitrogens with one attached hydrogen (secondary N) is 2. The summed E-state index contributed by atoms with van der Waals surface area (Å²) in [5, 5.41) is 6.78. The average Bonchev–Trinajstić information content (AvgIpc) is 2.98. The van der Waals surface area contributed by atoms with Crippen LogP contribution in [0.2, 0.25) is 0 Å². The SMILES string of the molecule is CCNC(=NCc1cccnc1N(C)C)NC1CC=CC1.I. The lowest BCUT2D eigenvalue weighted by atomic mass is 10.2. The van der Waals surface area contributed by atoms with Gasteiger partial charge in [-0.15, -0.1) is 24.0 Å². The van der Waals surface area contributed by atoms with Gasteiger partial charge in [-0.3, -0.25) is 0 Å². The zero-order chi connectivity index (χ0) is 15.1. The molecule has 1 aromatic heterocycles. The van der Waals surface area contributed by atoms with E-state index in [1.165, 1.54) is 0 Å². The van der Waals surface area contributed by atoms with Gasteiger partial charge >= 0.3 is 0 Å². The number of halogens is 1. The third-order valence-corrected chi connectivity index (χ3v) is 3.39. The first-order chi connectivity index (χ1) is 10.2. The van der Waals surface area contributed by atoms with Crippen molar-refractivity contribution in [2.45, 2.75) is 32.4 Å². The van der Waals surface area contributed by atoms with Crippen molar-refractivity contribution in [3.63, 3.8) is 0 Å². The molecule has 0 bridgehead atoms. The van der Waals surface area contributed by atoms with Crippen LogP contribution in [-0.2, 0) is 6.54 Å². The number of nitrogens with zero attached hydrogens (tertiary/aromatic N) is 3. The Bertz CT molecular complexity index is 505. The predicted octanol–water partition coefficient (Wildman–Crippen LogP) is 2.54. The van der Waals surface area contributed by atoms with Gasteiger partial charge in [0, 0.05) is 38.4 Å². The molecule has 1 aliphatic rings. The van der Waals surface area contributed by atoms with Gasteiger partial charge in [-0.1, -0.05) is 18.2 Å². The average molecular weight is 415 g/mol. The van der Waals surface area contributed by atoms with Gasteiger partial charge in [0.2, 0.25) is 0 Å². The fraction of sp³-hybridized carbons (Fsp3) is 0.500. The monoisotopic (exact) mass is 415 g/mol. The Balaban J connectivity index is 0.00000242. The third-order valence-electron chi connectivity index (χ3n) is 3.39. The van der Waals surface area contributed by atoms with Gasteiger partial charge < -0.3 is 15.5 Å². The van der Waals surface area contributed by atoms with E-state index in [-0.39, 0.29) is 24.0 Å². The van der Waals surface area contributed by atoms with Crippen LogP contribution in [0.4, 0.5) is 5.82 Å². The molecule has 0 atom stereocenters. The molecule has 1 aromatic rings. The molecule has 1 heterocycles. The third kappa shape index (κ3) is 5.47. The highest BCUT2D eigenvalue weighted by Crippen LogP contribution is 2.15. The molecule has 0 aromatic carbocycles. The Kier molecular flexibility index (Phi) is 8.22. The summed E-state index contributed by atoms with van der Waals surface area (Å²) in [7, 11) is 4.01. The number of hydrogen-bond donors (Lipinski definition) is 2. The van der Waals surface area contributed by atoms with Crippen LogP contribution in [-0.4, -0.2) is 37.6 Å². The van der Waals surface area contributed by atoms with Crippen molar-refractivity contribution < 1.29 is 0 Å². The maximum absolute atomic E-state index is 4.69. The summed E-state index contributed by atoms with van der Waals surface area (Å²) >= 11 is 0. The zero-order valence-electron chi connectivity index (χ0n) is 13.5. The second-order valence-electron chi connectivity index (χ2n) is 5.36. The highest BCUT2D eigenvalue weighted by Gasteiger charge is 2.12. The maximum atomic E-state index is 4.69. The van der Waals surface area contributed by atoms with E-state index in [9.17, 15) is 0 Å². The number of pyridine rings is 1. The van der Waals surface area contributed by atoms with Crippen molar-refractivity contribution in [3.8, 4) is 0 Å². The van der Waals surface area contributed by atoms with Crippen molar-refractivity contribution >= 4 is 35.8 Å². The highest BCUT2D eigenvalue weighted by molar-refractivity contribution is 14.0. The number of rotatable bonds is 5. The van der Waals surface area contributed by atoms with E-state index in [0.29, 0.717) is 12.6 Å². The molecule has 0 radical (unpaired) electrons. The molecule has 0 spiro atoms. The van der Waals surface area contributed by atoms with Crippen molar-refractivity contribution in [3.05, 3.63) is 36.0 Å². The van der Waals surface area contributed by atoms with Crippen molar-refractivity contribution in [1.82, 2.24) is 15.6 Å². The normalized spacial score (nSPS) is 14.6. The summed E-state index contributed by atoms with van der Waals surface area (Å²) < 4.78 is 0. The Hall–Kier alpha value is -1.31. The largest absolute Gasteiger partial charge is 0.362 e. The van der Waals surface area contributed by atoms with E-state index in [1.54, 1.807) is 0 Å².